The van der Waals surface area contributed by atoms with Crippen molar-refractivity contribution in [3.05, 3.63) is 30.1 Å². The highest BCUT2D eigenvalue weighted by atomic mass is 19.1. The molecule has 2 N–H and O–H groups in total. The lowest BCUT2D eigenvalue weighted by molar-refractivity contribution is 0.239. The van der Waals surface area contributed by atoms with Crippen LogP contribution in [-0.4, -0.2) is 32.2 Å². The lowest BCUT2D eigenvalue weighted by atomic mass is 10.1. The molecule has 4 nitrogen and oxygen atoms in total. The zero-order valence-electron chi connectivity index (χ0n) is 11.9. The summed E-state index contributed by atoms with van der Waals surface area (Å²) in [6, 6.07) is 6.49. The molecule has 2 amide bonds. The maximum absolute atomic E-state index is 12.9. The van der Waals surface area contributed by atoms with E-state index in [4.69, 9.17) is 0 Å². The van der Waals surface area contributed by atoms with Gasteiger partial charge in [0.15, 0.2) is 0 Å². The lowest BCUT2D eigenvalue weighted by Gasteiger charge is -2.18. The lowest BCUT2D eigenvalue weighted by Crippen LogP contribution is -2.39. The molecule has 20 heavy (non-hydrogen) atoms. The van der Waals surface area contributed by atoms with Gasteiger partial charge in [-0.3, -0.25) is 0 Å². The van der Waals surface area contributed by atoms with Gasteiger partial charge in [-0.05, 0) is 43.0 Å². The quantitative estimate of drug-likeness (QED) is 0.869. The summed E-state index contributed by atoms with van der Waals surface area (Å²) in [5.41, 5.74) is 1.05. The Labute approximate surface area is 119 Å². The number of carbonyl (C=O) groups is 1. The topological polar surface area (TPSA) is 44.4 Å². The molecule has 0 aliphatic carbocycles. The fraction of sp³-hybridized carbons (Fsp3) is 0.533. The van der Waals surface area contributed by atoms with Gasteiger partial charge in [-0.25, -0.2) is 9.18 Å². The van der Waals surface area contributed by atoms with Gasteiger partial charge < -0.3 is 15.5 Å². The molecular weight excluding hydrogens is 257 g/mol. The Balaban J connectivity index is 1.75. The molecule has 1 heterocycles. The summed E-state index contributed by atoms with van der Waals surface area (Å²) in [7, 11) is 0. The van der Waals surface area contributed by atoms with Crippen molar-refractivity contribution in [1.29, 1.82) is 0 Å². The average Bonchev–Trinajstić information content (AvgIpc) is 2.92. The summed E-state index contributed by atoms with van der Waals surface area (Å²) < 4.78 is 12.9. The highest BCUT2D eigenvalue weighted by Crippen LogP contribution is 2.23. The molecule has 5 heteroatoms. The second-order valence-electron chi connectivity index (χ2n) is 5.21. The van der Waals surface area contributed by atoms with Gasteiger partial charge in [-0.2, -0.15) is 0 Å². The van der Waals surface area contributed by atoms with E-state index >= 15 is 0 Å². The Hall–Kier alpha value is -1.78. The third-order valence-electron chi connectivity index (χ3n) is 3.56. The van der Waals surface area contributed by atoms with Crippen molar-refractivity contribution in [2.75, 3.05) is 31.1 Å². The van der Waals surface area contributed by atoms with Crippen LogP contribution in [0.3, 0.4) is 0 Å². The number of rotatable bonds is 5. The zero-order chi connectivity index (χ0) is 14.4. The third-order valence-corrected chi connectivity index (χ3v) is 3.56. The minimum absolute atomic E-state index is 0.0907. The van der Waals surface area contributed by atoms with Crippen LogP contribution in [0.15, 0.2) is 24.3 Å². The number of hydrogen-bond donors (Lipinski definition) is 2. The minimum Gasteiger partial charge on any atom is -0.371 e. The molecule has 0 aromatic heterocycles. The molecular formula is C15H22FN3O. The molecule has 2 rings (SSSR count). The molecule has 1 unspecified atom stereocenters. The summed E-state index contributed by atoms with van der Waals surface area (Å²) in [6.45, 7) is 5.28. The molecule has 1 saturated heterocycles. The number of anilines is 1. The molecule has 0 bridgehead atoms. The second kappa shape index (κ2) is 7.12. The number of benzene rings is 1. The van der Waals surface area contributed by atoms with Crippen molar-refractivity contribution >= 4 is 11.7 Å². The third kappa shape index (κ3) is 4.11. The van der Waals surface area contributed by atoms with E-state index in [1.165, 1.54) is 12.1 Å². The standard InChI is InChI=1S/C15H22FN3O/c1-2-8-17-15(20)18-10-12-7-9-19(11-12)14-5-3-13(16)4-6-14/h3-6,12H,2,7-11H2,1H3,(H2,17,18,20). The summed E-state index contributed by atoms with van der Waals surface area (Å²) in [5.74, 6) is 0.242. The van der Waals surface area contributed by atoms with Crippen LogP contribution in [0.2, 0.25) is 0 Å². The predicted octanol–water partition coefficient (Wildman–Crippen LogP) is 2.36. The number of carbonyl (C=O) groups excluding carboxylic acids is 1. The van der Waals surface area contributed by atoms with Crippen molar-refractivity contribution < 1.29 is 9.18 Å². The van der Waals surface area contributed by atoms with Crippen molar-refractivity contribution in [3.63, 3.8) is 0 Å². The van der Waals surface area contributed by atoms with Crippen LogP contribution in [0.25, 0.3) is 0 Å². The Bertz CT molecular complexity index is 435. The summed E-state index contributed by atoms with van der Waals surface area (Å²) in [4.78, 5) is 13.7. The first kappa shape index (κ1) is 14.6. The normalized spacial score (nSPS) is 18.1. The minimum atomic E-state index is -0.209. The van der Waals surface area contributed by atoms with Gasteiger partial charge in [0, 0.05) is 31.9 Å². The highest BCUT2D eigenvalue weighted by Gasteiger charge is 2.22. The Morgan fingerprint density at radius 1 is 1.35 bits per heavy atom. The van der Waals surface area contributed by atoms with Crippen LogP contribution in [0, 0.1) is 11.7 Å². The number of amides is 2. The molecule has 1 fully saturated rings. The zero-order valence-corrected chi connectivity index (χ0v) is 11.9. The van der Waals surface area contributed by atoms with Crippen LogP contribution in [-0.2, 0) is 0 Å². The van der Waals surface area contributed by atoms with E-state index in [1.807, 2.05) is 6.92 Å². The number of nitrogens with zero attached hydrogens (tertiary/aromatic N) is 1. The SMILES string of the molecule is CCCNC(=O)NCC1CCN(c2ccc(F)cc2)C1. The maximum atomic E-state index is 12.9. The molecule has 1 atom stereocenters. The first-order valence-corrected chi connectivity index (χ1v) is 7.21. The van der Waals surface area contributed by atoms with Gasteiger partial charge in [-0.1, -0.05) is 6.92 Å². The number of hydrogen-bond acceptors (Lipinski definition) is 2. The smallest absolute Gasteiger partial charge is 0.314 e. The Morgan fingerprint density at radius 3 is 2.80 bits per heavy atom. The molecule has 110 valence electrons. The van der Waals surface area contributed by atoms with E-state index in [1.54, 1.807) is 12.1 Å². The first-order chi connectivity index (χ1) is 9.69. The molecule has 0 radical (unpaired) electrons. The van der Waals surface area contributed by atoms with Gasteiger partial charge in [0.05, 0.1) is 0 Å². The largest absolute Gasteiger partial charge is 0.371 e. The highest BCUT2D eigenvalue weighted by molar-refractivity contribution is 5.73. The van der Waals surface area contributed by atoms with E-state index in [0.717, 1.165) is 31.6 Å². The fourth-order valence-electron chi connectivity index (χ4n) is 2.42. The van der Waals surface area contributed by atoms with Gasteiger partial charge in [-0.15, -0.1) is 0 Å². The van der Waals surface area contributed by atoms with E-state index in [2.05, 4.69) is 15.5 Å². The van der Waals surface area contributed by atoms with Crippen LogP contribution < -0.4 is 15.5 Å². The van der Waals surface area contributed by atoms with Crippen LogP contribution in [0.1, 0.15) is 19.8 Å². The van der Waals surface area contributed by atoms with Gasteiger partial charge in [0.25, 0.3) is 0 Å². The van der Waals surface area contributed by atoms with Crippen LogP contribution in [0.4, 0.5) is 14.9 Å². The molecule has 1 aliphatic heterocycles. The van der Waals surface area contributed by atoms with Gasteiger partial charge in [0.2, 0.25) is 0 Å². The number of halogens is 1. The van der Waals surface area contributed by atoms with E-state index in [9.17, 15) is 9.18 Å². The first-order valence-electron chi connectivity index (χ1n) is 7.21. The summed E-state index contributed by atoms with van der Waals surface area (Å²) >= 11 is 0. The number of urea groups is 1. The van der Waals surface area contributed by atoms with Crippen molar-refractivity contribution in [2.24, 2.45) is 5.92 Å². The monoisotopic (exact) mass is 279 g/mol. The average molecular weight is 279 g/mol. The van der Waals surface area contributed by atoms with E-state index in [-0.39, 0.29) is 11.8 Å². The molecule has 0 saturated carbocycles. The molecule has 1 aromatic carbocycles. The van der Waals surface area contributed by atoms with Crippen molar-refractivity contribution in [1.82, 2.24) is 10.6 Å². The summed E-state index contributed by atoms with van der Waals surface area (Å²) in [6.07, 6.45) is 1.99. The second-order valence-corrected chi connectivity index (χ2v) is 5.21. The molecule has 1 aliphatic rings. The maximum Gasteiger partial charge on any atom is 0.314 e. The fourth-order valence-corrected chi connectivity index (χ4v) is 2.42. The van der Waals surface area contributed by atoms with Crippen molar-refractivity contribution in [2.45, 2.75) is 19.8 Å². The van der Waals surface area contributed by atoms with E-state index < -0.39 is 0 Å². The Kier molecular flexibility index (Phi) is 5.21. The molecule has 1 aromatic rings. The van der Waals surface area contributed by atoms with Crippen molar-refractivity contribution in [3.8, 4) is 0 Å². The van der Waals surface area contributed by atoms with Gasteiger partial charge >= 0.3 is 6.03 Å². The van der Waals surface area contributed by atoms with E-state index in [0.29, 0.717) is 19.0 Å². The summed E-state index contributed by atoms with van der Waals surface area (Å²) in [5, 5.41) is 5.70. The Morgan fingerprint density at radius 2 is 2.10 bits per heavy atom. The number of nitrogens with one attached hydrogen (secondary N) is 2. The molecule has 0 spiro atoms. The van der Waals surface area contributed by atoms with Crippen LogP contribution in [0.5, 0.6) is 0 Å². The van der Waals surface area contributed by atoms with Crippen LogP contribution >= 0.6 is 0 Å². The van der Waals surface area contributed by atoms with Gasteiger partial charge in [0.1, 0.15) is 5.82 Å². The predicted molar refractivity (Wildman–Crippen MR) is 78.4 cm³/mol.